The van der Waals surface area contributed by atoms with Crippen molar-refractivity contribution in [2.75, 3.05) is 33.2 Å². The third-order valence-corrected chi connectivity index (χ3v) is 5.29. The lowest BCUT2D eigenvalue weighted by Gasteiger charge is -2.39. The molecule has 3 rings (SSSR count). The molecule has 0 unspecified atom stereocenters. The summed E-state index contributed by atoms with van der Waals surface area (Å²) in [5.74, 6) is -0.518. The maximum absolute atomic E-state index is 13.3. The number of carbonyl (C=O) groups is 2. The van der Waals surface area contributed by atoms with Crippen molar-refractivity contribution in [1.82, 2.24) is 15.1 Å². The summed E-state index contributed by atoms with van der Waals surface area (Å²) in [5, 5.41) is 3.00. The van der Waals surface area contributed by atoms with Gasteiger partial charge in [0, 0.05) is 26.2 Å². The molecular formula is C19H26FN3O2. The molecule has 1 aliphatic carbocycles. The van der Waals surface area contributed by atoms with Crippen molar-refractivity contribution < 1.29 is 14.0 Å². The predicted octanol–water partition coefficient (Wildman–Crippen LogP) is 1.57. The van der Waals surface area contributed by atoms with E-state index in [1.807, 2.05) is 11.9 Å². The highest BCUT2D eigenvalue weighted by molar-refractivity contribution is 5.92. The number of hydrogen-bond acceptors (Lipinski definition) is 3. The monoisotopic (exact) mass is 347 g/mol. The maximum atomic E-state index is 13.3. The van der Waals surface area contributed by atoms with Crippen LogP contribution in [0.3, 0.4) is 0 Å². The van der Waals surface area contributed by atoms with Gasteiger partial charge in [0.25, 0.3) is 0 Å². The number of piperazine rings is 1. The Hall–Kier alpha value is -1.95. The van der Waals surface area contributed by atoms with Crippen LogP contribution in [0.1, 0.15) is 31.2 Å². The first-order valence-electron chi connectivity index (χ1n) is 9.02. The lowest BCUT2D eigenvalue weighted by molar-refractivity contribution is -0.143. The van der Waals surface area contributed by atoms with Crippen molar-refractivity contribution in [3.63, 3.8) is 0 Å². The molecule has 1 saturated carbocycles. The smallest absolute Gasteiger partial charge is 0.248 e. The van der Waals surface area contributed by atoms with E-state index in [-0.39, 0.29) is 24.1 Å². The van der Waals surface area contributed by atoms with Gasteiger partial charge in [-0.25, -0.2) is 4.39 Å². The van der Waals surface area contributed by atoms with Crippen molar-refractivity contribution >= 4 is 11.8 Å². The molecule has 1 heterocycles. The highest BCUT2D eigenvalue weighted by atomic mass is 19.1. The molecule has 1 saturated heterocycles. The molecule has 136 valence electrons. The minimum Gasteiger partial charge on any atom is -0.341 e. The summed E-state index contributed by atoms with van der Waals surface area (Å²) < 4.78 is 13.3. The maximum Gasteiger partial charge on any atom is 0.248 e. The lowest BCUT2D eigenvalue weighted by atomic mass is 9.94. The molecular weight excluding hydrogens is 321 g/mol. The van der Waals surface area contributed by atoms with E-state index < -0.39 is 5.54 Å². The van der Waals surface area contributed by atoms with Crippen molar-refractivity contribution in [3.05, 3.63) is 35.6 Å². The Bertz CT molecular complexity index is 635. The summed E-state index contributed by atoms with van der Waals surface area (Å²) in [6.07, 6.45) is 3.36. The lowest BCUT2D eigenvalue weighted by Crippen LogP contribution is -2.61. The van der Waals surface area contributed by atoms with E-state index in [0.29, 0.717) is 31.5 Å². The van der Waals surface area contributed by atoms with Crippen LogP contribution in [0.25, 0.3) is 0 Å². The molecule has 1 N–H and O–H groups in total. The van der Waals surface area contributed by atoms with Crippen LogP contribution in [0.5, 0.6) is 0 Å². The summed E-state index contributed by atoms with van der Waals surface area (Å²) in [4.78, 5) is 29.7. The largest absolute Gasteiger partial charge is 0.341 e. The number of carbonyl (C=O) groups excluding carboxylic acids is 2. The van der Waals surface area contributed by atoms with Gasteiger partial charge in [0.15, 0.2) is 0 Å². The fourth-order valence-electron chi connectivity index (χ4n) is 3.83. The van der Waals surface area contributed by atoms with E-state index in [1.165, 1.54) is 12.1 Å². The molecule has 2 fully saturated rings. The second-order valence-corrected chi connectivity index (χ2v) is 7.24. The fourth-order valence-corrected chi connectivity index (χ4v) is 3.83. The van der Waals surface area contributed by atoms with Crippen LogP contribution in [0.4, 0.5) is 4.39 Å². The molecule has 1 aromatic rings. The number of hydrogen-bond donors (Lipinski definition) is 1. The molecule has 0 aromatic heterocycles. The van der Waals surface area contributed by atoms with Crippen LogP contribution >= 0.6 is 0 Å². The Morgan fingerprint density at radius 1 is 1.16 bits per heavy atom. The van der Waals surface area contributed by atoms with Gasteiger partial charge in [0.05, 0.1) is 6.42 Å². The Morgan fingerprint density at radius 3 is 2.48 bits per heavy atom. The van der Waals surface area contributed by atoms with Gasteiger partial charge < -0.3 is 15.1 Å². The van der Waals surface area contributed by atoms with Crippen LogP contribution in [-0.4, -0.2) is 60.4 Å². The first-order chi connectivity index (χ1) is 12.0. The van der Waals surface area contributed by atoms with Gasteiger partial charge in [-0.15, -0.1) is 0 Å². The van der Waals surface area contributed by atoms with E-state index in [1.54, 1.807) is 12.1 Å². The Labute approximate surface area is 148 Å². The molecule has 6 heteroatoms. The van der Waals surface area contributed by atoms with Crippen molar-refractivity contribution in [3.8, 4) is 0 Å². The van der Waals surface area contributed by atoms with Crippen molar-refractivity contribution in [1.29, 1.82) is 0 Å². The van der Waals surface area contributed by atoms with Crippen LogP contribution in [0.2, 0.25) is 0 Å². The molecule has 0 spiro atoms. The topological polar surface area (TPSA) is 52.6 Å². The predicted molar refractivity (Wildman–Crippen MR) is 93.5 cm³/mol. The van der Waals surface area contributed by atoms with Crippen LogP contribution in [0, 0.1) is 5.82 Å². The first kappa shape index (κ1) is 17.9. The second-order valence-electron chi connectivity index (χ2n) is 7.24. The van der Waals surface area contributed by atoms with Crippen molar-refractivity contribution in [2.24, 2.45) is 0 Å². The van der Waals surface area contributed by atoms with Crippen LogP contribution in [-0.2, 0) is 16.0 Å². The summed E-state index contributed by atoms with van der Waals surface area (Å²) in [6.45, 7) is 3.13. The zero-order chi connectivity index (χ0) is 17.9. The van der Waals surface area contributed by atoms with E-state index in [2.05, 4.69) is 10.2 Å². The Morgan fingerprint density at radius 2 is 1.84 bits per heavy atom. The Balaban J connectivity index is 1.67. The van der Waals surface area contributed by atoms with Gasteiger partial charge in [0.1, 0.15) is 11.4 Å². The third kappa shape index (κ3) is 4.18. The number of benzene rings is 1. The summed E-state index contributed by atoms with van der Waals surface area (Å²) in [5.41, 5.74) is -0.155. The highest BCUT2D eigenvalue weighted by Gasteiger charge is 2.45. The zero-order valence-corrected chi connectivity index (χ0v) is 14.8. The van der Waals surface area contributed by atoms with E-state index >= 15 is 0 Å². The Kier molecular flexibility index (Phi) is 5.37. The van der Waals surface area contributed by atoms with Gasteiger partial charge in [-0.2, -0.15) is 0 Å². The fraction of sp³-hybridized carbons (Fsp3) is 0.579. The molecule has 1 aliphatic heterocycles. The summed E-state index contributed by atoms with van der Waals surface area (Å²) >= 11 is 0. The van der Waals surface area contributed by atoms with Gasteiger partial charge >= 0.3 is 0 Å². The molecule has 0 bridgehead atoms. The zero-order valence-electron chi connectivity index (χ0n) is 14.8. The first-order valence-corrected chi connectivity index (χ1v) is 9.02. The number of nitrogens with zero attached hydrogens (tertiary/aromatic N) is 2. The van der Waals surface area contributed by atoms with Gasteiger partial charge in [-0.3, -0.25) is 9.59 Å². The highest BCUT2D eigenvalue weighted by Crippen LogP contribution is 2.32. The van der Waals surface area contributed by atoms with Gasteiger partial charge in [0.2, 0.25) is 11.8 Å². The standard InChI is InChI=1S/C19H26FN3O2/c1-22-9-11-23(12-10-22)18(25)19(7-2-3-8-19)21-17(24)14-15-5-4-6-16(20)13-15/h4-6,13H,2-3,7-12,14H2,1H3,(H,21,24). The normalized spacial score (nSPS) is 20.5. The number of likely N-dealkylation sites (N-methyl/N-ethyl adjacent to an activating group) is 1. The summed E-state index contributed by atoms with van der Waals surface area (Å²) in [6, 6.07) is 6.05. The van der Waals surface area contributed by atoms with Crippen LogP contribution < -0.4 is 5.32 Å². The summed E-state index contributed by atoms with van der Waals surface area (Å²) in [7, 11) is 2.05. The quantitative estimate of drug-likeness (QED) is 0.900. The van der Waals surface area contributed by atoms with Gasteiger partial charge in [-0.05, 0) is 37.6 Å². The molecule has 25 heavy (non-hydrogen) atoms. The average Bonchev–Trinajstić information content (AvgIpc) is 3.04. The number of halogens is 1. The minimum atomic E-state index is -0.777. The molecule has 2 amide bonds. The van der Waals surface area contributed by atoms with E-state index in [0.717, 1.165) is 25.9 Å². The minimum absolute atomic E-state index is 0.0469. The molecule has 5 nitrogen and oxygen atoms in total. The van der Waals surface area contributed by atoms with Gasteiger partial charge in [-0.1, -0.05) is 25.0 Å². The SMILES string of the molecule is CN1CCN(C(=O)C2(NC(=O)Cc3cccc(F)c3)CCCC2)CC1. The number of amides is 2. The molecule has 0 radical (unpaired) electrons. The third-order valence-electron chi connectivity index (χ3n) is 5.29. The van der Waals surface area contributed by atoms with E-state index in [4.69, 9.17) is 0 Å². The molecule has 0 atom stereocenters. The van der Waals surface area contributed by atoms with Crippen molar-refractivity contribution in [2.45, 2.75) is 37.6 Å². The molecule has 1 aromatic carbocycles. The second kappa shape index (κ2) is 7.52. The average molecular weight is 347 g/mol. The van der Waals surface area contributed by atoms with Crippen LogP contribution in [0.15, 0.2) is 24.3 Å². The molecule has 2 aliphatic rings. The number of nitrogens with one attached hydrogen (secondary N) is 1. The number of rotatable bonds is 4. The van der Waals surface area contributed by atoms with E-state index in [9.17, 15) is 14.0 Å².